The average Bonchev–Trinajstić information content (AvgIpc) is 3.70. The molecule has 0 aliphatic carbocycles. The molecule has 5 rings (SSSR count). The number of fused-ring (bicyclic) bond motifs is 1. The van der Waals surface area contributed by atoms with E-state index in [1.54, 1.807) is 58.0 Å². The number of rotatable bonds is 10. The van der Waals surface area contributed by atoms with Gasteiger partial charge in [-0.15, -0.1) is 10.2 Å². The summed E-state index contributed by atoms with van der Waals surface area (Å²) < 4.78 is 17.5. The number of benzene rings is 2. The molecule has 5 aromatic rings. The molecule has 0 spiro atoms. The van der Waals surface area contributed by atoms with E-state index in [1.807, 2.05) is 25.1 Å². The van der Waals surface area contributed by atoms with Crippen LogP contribution in [0.15, 0.2) is 68.4 Å². The molecule has 0 bridgehead atoms. The highest BCUT2D eigenvalue weighted by molar-refractivity contribution is 5.98. The van der Waals surface area contributed by atoms with Crippen LogP contribution in [0.4, 0.5) is 10.5 Å². The van der Waals surface area contributed by atoms with E-state index in [0.717, 1.165) is 17.2 Å². The van der Waals surface area contributed by atoms with Crippen LogP contribution in [-0.2, 0) is 21.5 Å². The summed E-state index contributed by atoms with van der Waals surface area (Å²) >= 11 is 0. The number of hydrogen-bond acceptors (Lipinski definition) is 11. The number of aryl methyl sites for hydroxylation is 1. The number of ketones is 1. The zero-order valence-electron chi connectivity index (χ0n) is 26.2. The van der Waals surface area contributed by atoms with E-state index in [2.05, 4.69) is 35.5 Å². The summed E-state index contributed by atoms with van der Waals surface area (Å²) in [5.41, 5.74) is 1.01. The standard InChI is InChI=1S/C32H33N7O7/c1-17(2)24(25(41)27-37-38-30(46-27)32(4,5)29-34-20-14-18(3)12-13-22(20)45-29)36-23(40)16-39-26(19-10-8-7-9-11-19)33-15-21(28(39)42)35-31(43)44-6/h7-15,17,24H,16H2,1-6H3,(H,35,43)(H,36,40)/t24-/m1/s1. The smallest absolute Gasteiger partial charge is 0.411 e. The first-order chi connectivity index (χ1) is 21.9. The fourth-order valence-corrected chi connectivity index (χ4v) is 4.71. The zero-order valence-corrected chi connectivity index (χ0v) is 26.2. The van der Waals surface area contributed by atoms with Crippen molar-refractivity contribution in [3.63, 3.8) is 0 Å². The Morgan fingerprint density at radius 1 is 1.02 bits per heavy atom. The molecule has 2 aromatic carbocycles. The Balaban J connectivity index is 1.39. The van der Waals surface area contributed by atoms with Gasteiger partial charge in [0.05, 0.1) is 19.3 Å². The molecule has 1 atom stereocenters. The molecular formula is C32H33N7O7. The number of anilines is 1. The lowest BCUT2D eigenvalue weighted by molar-refractivity contribution is -0.122. The number of carbonyl (C=O) groups is 3. The number of oxazole rings is 1. The maximum Gasteiger partial charge on any atom is 0.411 e. The molecular weight excluding hydrogens is 594 g/mol. The van der Waals surface area contributed by atoms with E-state index in [9.17, 15) is 19.2 Å². The normalized spacial score (nSPS) is 12.2. The number of Topliss-reactive ketones (excluding diaryl/α,β-unsaturated/α-hetero) is 1. The van der Waals surface area contributed by atoms with Gasteiger partial charge in [0.25, 0.3) is 11.4 Å². The first-order valence-electron chi connectivity index (χ1n) is 14.4. The minimum atomic E-state index is -1.07. The van der Waals surface area contributed by atoms with Gasteiger partial charge in [-0.3, -0.25) is 24.3 Å². The van der Waals surface area contributed by atoms with Gasteiger partial charge in [-0.1, -0.05) is 50.2 Å². The van der Waals surface area contributed by atoms with Crippen molar-refractivity contribution in [2.45, 2.75) is 52.6 Å². The Morgan fingerprint density at radius 2 is 1.76 bits per heavy atom. The molecule has 14 heteroatoms. The van der Waals surface area contributed by atoms with Gasteiger partial charge in [0.15, 0.2) is 5.58 Å². The Bertz CT molecular complexity index is 1980. The molecule has 46 heavy (non-hydrogen) atoms. The third-order valence-corrected chi connectivity index (χ3v) is 7.32. The van der Waals surface area contributed by atoms with Gasteiger partial charge in [-0.25, -0.2) is 14.8 Å². The first-order valence-corrected chi connectivity index (χ1v) is 14.4. The number of hydrogen-bond donors (Lipinski definition) is 2. The summed E-state index contributed by atoms with van der Waals surface area (Å²) in [6, 6.07) is 13.3. The van der Waals surface area contributed by atoms with Crippen molar-refractivity contribution in [2.24, 2.45) is 5.92 Å². The van der Waals surface area contributed by atoms with Crippen LogP contribution in [0.2, 0.25) is 0 Å². The molecule has 3 aromatic heterocycles. The van der Waals surface area contributed by atoms with E-state index >= 15 is 0 Å². The van der Waals surface area contributed by atoms with Crippen molar-refractivity contribution in [1.29, 1.82) is 0 Å². The Morgan fingerprint density at radius 3 is 2.46 bits per heavy atom. The summed E-state index contributed by atoms with van der Waals surface area (Å²) in [7, 11) is 1.15. The summed E-state index contributed by atoms with van der Waals surface area (Å²) in [6.45, 7) is 8.50. The molecule has 0 saturated heterocycles. The van der Waals surface area contributed by atoms with Crippen LogP contribution in [0, 0.1) is 12.8 Å². The minimum absolute atomic E-state index is 0.105. The van der Waals surface area contributed by atoms with Crippen molar-refractivity contribution >= 4 is 34.6 Å². The molecule has 238 valence electrons. The highest BCUT2D eigenvalue weighted by Crippen LogP contribution is 2.32. The van der Waals surface area contributed by atoms with Gasteiger partial charge in [0.1, 0.15) is 29.0 Å². The predicted octanol–water partition coefficient (Wildman–Crippen LogP) is 4.27. The Labute approximate surface area is 263 Å². The number of aromatic nitrogens is 5. The Kier molecular flexibility index (Phi) is 8.80. The molecule has 0 fully saturated rings. The number of methoxy groups -OCH3 is 1. The lowest BCUT2D eigenvalue weighted by Gasteiger charge is -2.21. The van der Waals surface area contributed by atoms with Crippen LogP contribution in [-0.4, -0.2) is 55.7 Å². The highest BCUT2D eigenvalue weighted by Gasteiger charge is 2.37. The van der Waals surface area contributed by atoms with Gasteiger partial charge in [-0.05, 0) is 44.4 Å². The van der Waals surface area contributed by atoms with Crippen LogP contribution in [0.5, 0.6) is 0 Å². The van der Waals surface area contributed by atoms with Crippen molar-refractivity contribution in [3.8, 4) is 11.4 Å². The van der Waals surface area contributed by atoms with Crippen LogP contribution in [0.3, 0.4) is 0 Å². The van der Waals surface area contributed by atoms with Crippen LogP contribution >= 0.6 is 0 Å². The predicted molar refractivity (Wildman–Crippen MR) is 166 cm³/mol. The third kappa shape index (κ3) is 6.41. The van der Waals surface area contributed by atoms with Gasteiger partial charge < -0.3 is 18.9 Å². The van der Waals surface area contributed by atoms with Gasteiger partial charge in [0, 0.05) is 5.56 Å². The maximum atomic E-state index is 13.6. The molecule has 14 nitrogen and oxygen atoms in total. The molecule has 2 N–H and O–H groups in total. The van der Waals surface area contributed by atoms with Gasteiger partial charge in [0.2, 0.25) is 23.5 Å². The number of ether oxygens (including phenoxy) is 1. The Hall–Kier alpha value is -5.66. The lowest BCUT2D eigenvalue weighted by atomic mass is 9.93. The van der Waals surface area contributed by atoms with E-state index in [4.69, 9.17) is 8.83 Å². The summed E-state index contributed by atoms with van der Waals surface area (Å²) in [4.78, 5) is 61.1. The van der Waals surface area contributed by atoms with Crippen LogP contribution < -0.4 is 16.2 Å². The second-order valence-electron chi connectivity index (χ2n) is 11.6. The van der Waals surface area contributed by atoms with E-state index in [0.29, 0.717) is 22.6 Å². The number of nitrogens with one attached hydrogen (secondary N) is 2. The summed E-state index contributed by atoms with van der Waals surface area (Å²) in [5.74, 6) is -1.35. The molecule has 2 amide bonds. The molecule has 3 heterocycles. The van der Waals surface area contributed by atoms with Crippen molar-refractivity contribution < 1.29 is 28.0 Å². The largest absolute Gasteiger partial charge is 0.453 e. The molecule has 0 saturated carbocycles. The van der Waals surface area contributed by atoms with E-state index in [1.165, 1.54) is 6.20 Å². The number of amides is 2. The minimum Gasteiger partial charge on any atom is -0.453 e. The number of nitrogens with zero attached hydrogens (tertiary/aromatic N) is 5. The second-order valence-corrected chi connectivity index (χ2v) is 11.6. The summed E-state index contributed by atoms with van der Waals surface area (Å²) in [5, 5.41) is 13.1. The van der Waals surface area contributed by atoms with Crippen LogP contribution in [0.1, 0.15) is 55.7 Å². The first kappa shape index (κ1) is 31.8. The van der Waals surface area contributed by atoms with Gasteiger partial charge >= 0.3 is 6.09 Å². The van der Waals surface area contributed by atoms with E-state index in [-0.39, 0.29) is 23.3 Å². The topological polar surface area (TPSA) is 184 Å². The second kappa shape index (κ2) is 12.8. The molecule has 0 aliphatic heterocycles. The fourth-order valence-electron chi connectivity index (χ4n) is 4.71. The molecule has 0 aliphatic rings. The average molecular weight is 628 g/mol. The monoisotopic (exact) mass is 627 g/mol. The maximum absolute atomic E-state index is 13.6. The van der Waals surface area contributed by atoms with Crippen molar-refractivity contribution in [1.82, 2.24) is 30.0 Å². The molecule has 0 radical (unpaired) electrons. The zero-order chi connectivity index (χ0) is 33.2. The van der Waals surface area contributed by atoms with Crippen LogP contribution in [0.25, 0.3) is 22.5 Å². The highest BCUT2D eigenvalue weighted by atomic mass is 16.5. The lowest BCUT2D eigenvalue weighted by Crippen LogP contribution is -2.46. The quantitative estimate of drug-likeness (QED) is 0.211. The van der Waals surface area contributed by atoms with Crippen molar-refractivity contribution in [2.75, 3.05) is 12.4 Å². The number of carbonyl (C=O) groups excluding carboxylic acids is 3. The van der Waals surface area contributed by atoms with Crippen molar-refractivity contribution in [3.05, 3.63) is 88.3 Å². The molecule has 0 unspecified atom stereocenters. The third-order valence-electron chi connectivity index (χ3n) is 7.32. The van der Waals surface area contributed by atoms with E-state index < -0.39 is 47.3 Å². The fraction of sp³-hybridized carbons (Fsp3) is 0.312. The SMILES string of the molecule is COC(=O)Nc1cnc(-c2ccccc2)n(CC(=O)N[C@@H](C(=O)c2nnc(C(C)(C)c3nc4cc(C)ccc4o3)o2)C(C)C)c1=O. The van der Waals surface area contributed by atoms with Gasteiger partial charge in [-0.2, -0.15) is 0 Å². The summed E-state index contributed by atoms with van der Waals surface area (Å²) in [6.07, 6.45) is 0.314.